The van der Waals surface area contributed by atoms with Gasteiger partial charge >= 0.3 is 5.97 Å². The van der Waals surface area contributed by atoms with Crippen molar-refractivity contribution in [3.8, 4) is 5.75 Å². The van der Waals surface area contributed by atoms with Gasteiger partial charge in [-0.15, -0.1) is 0 Å². The quantitative estimate of drug-likeness (QED) is 0.898. The zero-order valence-electron chi connectivity index (χ0n) is 11.7. The van der Waals surface area contributed by atoms with E-state index < -0.39 is 11.4 Å². The van der Waals surface area contributed by atoms with Gasteiger partial charge in [0, 0.05) is 0 Å². The van der Waals surface area contributed by atoms with Crippen molar-refractivity contribution in [2.75, 3.05) is 0 Å². The van der Waals surface area contributed by atoms with Crippen LogP contribution in [0.15, 0.2) is 24.3 Å². The summed E-state index contributed by atoms with van der Waals surface area (Å²) in [5.41, 5.74) is 0.227. The maximum Gasteiger partial charge on any atom is 0.314 e. The van der Waals surface area contributed by atoms with Crippen LogP contribution in [0.2, 0.25) is 0 Å². The molecule has 0 aliphatic heterocycles. The molecular formula is C16H22O3. The Hall–Kier alpha value is -1.51. The Kier molecular flexibility index (Phi) is 4.13. The van der Waals surface area contributed by atoms with Crippen LogP contribution in [0.4, 0.5) is 0 Å². The van der Waals surface area contributed by atoms with Crippen molar-refractivity contribution in [3.05, 3.63) is 29.8 Å². The molecule has 0 radical (unpaired) electrons. The number of hydrogen-bond acceptors (Lipinski definition) is 2. The van der Waals surface area contributed by atoms with Gasteiger partial charge in [0.15, 0.2) is 0 Å². The van der Waals surface area contributed by atoms with E-state index in [4.69, 9.17) is 4.74 Å². The normalized spacial score (nSPS) is 18.3. The van der Waals surface area contributed by atoms with E-state index in [1.807, 2.05) is 38.1 Å². The SMILES string of the molecule is CC(C)Oc1ccc(C2(C(=O)O)CCCCC2)cc1. The molecule has 0 aromatic heterocycles. The first-order valence-electron chi connectivity index (χ1n) is 7.05. The number of aliphatic carboxylic acids is 1. The molecule has 19 heavy (non-hydrogen) atoms. The summed E-state index contributed by atoms with van der Waals surface area (Å²) in [7, 11) is 0. The average molecular weight is 262 g/mol. The van der Waals surface area contributed by atoms with Gasteiger partial charge in [-0.05, 0) is 44.4 Å². The molecule has 3 heteroatoms. The molecule has 0 unspecified atom stereocenters. The number of carboxylic acids is 1. The molecule has 1 N–H and O–H groups in total. The van der Waals surface area contributed by atoms with Crippen LogP contribution in [0.25, 0.3) is 0 Å². The maximum atomic E-state index is 11.7. The fourth-order valence-corrected chi connectivity index (χ4v) is 2.91. The minimum atomic E-state index is -0.690. The predicted molar refractivity (Wildman–Crippen MR) is 74.6 cm³/mol. The molecule has 0 spiro atoms. The van der Waals surface area contributed by atoms with Crippen LogP contribution in [-0.4, -0.2) is 17.2 Å². The summed E-state index contributed by atoms with van der Waals surface area (Å²) >= 11 is 0. The summed E-state index contributed by atoms with van der Waals surface area (Å²) in [4.78, 5) is 11.7. The van der Waals surface area contributed by atoms with Crippen molar-refractivity contribution in [1.82, 2.24) is 0 Å². The van der Waals surface area contributed by atoms with Crippen molar-refractivity contribution >= 4 is 5.97 Å². The van der Waals surface area contributed by atoms with E-state index in [2.05, 4.69) is 0 Å². The van der Waals surface area contributed by atoms with Gasteiger partial charge < -0.3 is 9.84 Å². The highest BCUT2D eigenvalue weighted by Crippen LogP contribution is 2.40. The summed E-state index contributed by atoms with van der Waals surface area (Å²) in [5.74, 6) is 0.111. The molecule has 0 atom stereocenters. The van der Waals surface area contributed by atoms with Gasteiger partial charge in [0.2, 0.25) is 0 Å². The zero-order chi connectivity index (χ0) is 13.9. The first kappa shape index (κ1) is 13.9. The first-order chi connectivity index (χ1) is 9.04. The van der Waals surface area contributed by atoms with E-state index in [0.717, 1.165) is 43.4 Å². The van der Waals surface area contributed by atoms with E-state index in [0.29, 0.717) is 0 Å². The van der Waals surface area contributed by atoms with E-state index in [1.165, 1.54) is 0 Å². The van der Waals surface area contributed by atoms with Crippen molar-refractivity contribution in [2.24, 2.45) is 0 Å². The third-order valence-corrected chi connectivity index (χ3v) is 3.90. The van der Waals surface area contributed by atoms with Crippen molar-refractivity contribution in [1.29, 1.82) is 0 Å². The molecule has 0 bridgehead atoms. The minimum Gasteiger partial charge on any atom is -0.491 e. The van der Waals surface area contributed by atoms with Crippen molar-refractivity contribution < 1.29 is 14.6 Å². The lowest BCUT2D eigenvalue weighted by atomic mass is 9.69. The third kappa shape index (κ3) is 2.91. The molecule has 0 amide bonds. The predicted octanol–water partition coefficient (Wildman–Crippen LogP) is 3.76. The Labute approximate surface area is 114 Å². The second-order valence-electron chi connectivity index (χ2n) is 5.64. The van der Waals surface area contributed by atoms with E-state index >= 15 is 0 Å². The van der Waals surface area contributed by atoms with E-state index in [1.54, 1.807) is 0 Å². The summed E-state index contributed by atoms with van der Waals surface area (Å²) < 4.78 is 5.60. The molecule has 0 heterocycles. The maximum absolute atomic E-state index is 11.7. The van der Waals surface area contributed by atoms with E-state index in [-0.39, 0.29) is 6.10 Å². The van der Waals surface area contributed by atoms with Gasteiger partial charge in [-0.25, -0.2) is 0 Å². The van der Waals surface area contributed by atoms with Crippen molar-refractivity contribution in [2.45, 2.75) is 57.5 Å². The highest BCUT2D eigenvalue weighted by molar-refractivity contribution is 5.81. The standard InChI is InChI=1S/C16H22O3/c1-12(2)19-14-8-6-13(7-9-14)16(15(17)18)10-4-3-5-11-16/h6-9,12H,3-5,10-11H2,1-2H3,(H,17,18). The Bertz CT molecular complexity index is 428. The number of carboxylic acid groups (broad SMARTS) is 1. The molecule has 1 saturated carbocycles. The summed E-state index contributed by atoms with van der Waals surface area (Å²) in [6.07, 6.45) is 4.75. The fraction of sp³-hybridized carbons (Fsp3) is 0.562. The molecule has 2 rings (SSSR count). The summed E-state index contributed by atoms with van der Waals surface area (Å²) in [6.45, 7) is 3.96. The number of ether oxygens (including phenoxy) is 1. The van der Waals surface area contributed by atoms with Crippen LogP contribution >= 0.6 is 0 Å². The average Bonchev–Trinajstić information content (AvgIpc) is 2.39. The van der Waals surface area contributed by atoms with Gasteiger partial charge in [-0.1, -0.05) is 31.4 Å². The van der Waals surface area contributed by atoms with Crippen LogP contribution in [0, 0.1) is 0 Å². The number of carbonyl (C=O) groups is 1. The van der Waals surface area contributed by atoms with Crippen LogP contribution in [0.5, 0.6) is 5.75 Å². The smallest absolute Gasteiger partial charge is 0.314 e. The second kappa shape index (κ2) is 5.64. The monoisotopic (exact) mass is 262 g/mol. The summed E-state index contributed by atoms with van der Waals surface area (Å²) in [5, 5.41) is 9.63. The van der Waals surface area contributed by atoms with Gasteiger partial charge in [-0.3, -0.25) is 4.79 Å². The number of hydrogen-bond donors (Lipinski definition) is 1. The Morgan fingerprint density at radius 2 is 1.74 bits per heavy atom. The molecule has 3 nitrogen and oxygen atoms in total. The van der Waals surface area contributed by atoms with Crippen LogP contribution in [0.3, 0.4) is 0 Å². The van der Waals surface area contributed by atoms with Crippen LogP contribution in [0.1, 0.15) is 51.5 Å². The molecular weight excluding hydrogens is 240 g/mol. The number of rotatable bonds is 4. The highest BCUT2D eigenvalue weighted by Gasteiger charge is 2.41. The topological polar surface area (TPSA) is 46.5 Å². The van der Waals surface area contributed by atoms with Gasteiger partial charge in [-0.2, -0.15) is 0 Å². The molecule has 1 aromatic rings. The molecule has 1 aliphatic carbocycles. The molecule has 1 aliphatic rings. The lowest BCUT2D eigenvalue weighted by Gasteiger charge is -2.33. The zero-order valence-corrected chi connectivity index (χ0v) is 11.7. The Balaban J connectivity index is 2.25. The van der Waals surface area contributed by atoms with Crippen LogP contribution < -0.4 is 4.74 Å². The molecule has 0 saturated heterocycles. The van der Waals surface area contributed by atoms with Crippen molar-refractivity contribution in [3.63, 3.8) is 0 Å². The lowest BCUT2D eigenvalue weighted by molar-refractivity contribution is -0.145. The fourth-order valence-electron chi connectivity index (χ4n) is 2.91. The van der Waals surface area contributed by atoms with E-state index in [9.17, 15) is 9.90 Å². The molecule has 1 aromatic carbocycles. The largest absolute Gasteiger partial charge is 0.491 e. The third-order valence-electron chi connectivity index (χ3n) is 3.90. The first-order valence-corrected chi connectivity index (χ1v) is 7.05. The van der Waals surface area contributed by atoms with Gasteiger partial charge in [0.25, 0.3) is 0 Å². The lowest BCUT2D eigenvalue weighted by Crippen LogP contribution is -2.37. The second-order valence-corrected chi connectivity index (χ2v) is 5.64. The molecule has 104 valence electrons. The van der Waals surface area contributed by atoms with Gasteiger partial charge in [0.1, 0.15) is 5.75 Å². The highest BCUT2D eigenvalue weighted by atomic mass is 16.5. The van der Waals surface area contributed by atoms with Gasteiger partial charge in [0.05, 0.1) is 11.5 Å². The minimum absolute atomic E-state index is 0.133. The Morgan fingerprint density at radius 1 is 1.16 bits per heavy atom. The Morgan fingerprint density at radius 3 is 2.21 bits per heavy atom. The van der Waals surface area contributed by atoms with Crippen LogP contribution in [-0.2, 0) is 10.2 Å². The summed E-state index contributed by atoms with van der Waals surface area (Å²) in [6, 6.07) is 7.59. The number of benzene rings is 1. The molecule has 1 fully saturated rings.